The summed E-state index contributed by atoms with van der Waals surface area (Å²) in [5, 5.41) is 3.11. The van der Waals surface area contributed by atoms with Gasteiger partial charge in [0.25, 0.3) is 0 Å². The monoisotopic (exact) mass is 248 g/mol. The van der Waals surface area contributed by atoms with Gasteiger partial charge in [-0.05, 0) is 6.07 Å². The zero-order valence-corrected chi connectivity index (χ0v) is 10.0. The van der Waals surface area contributed by atoms with Gasteiger partial charge in [-0.1, -0.05) is 24.1 Å². The minimum atomic E-state index is -0.769. The van der Waals surface area contributed by atoms with Crippen LogP contribution in [0.4, 0.5) is 4.79 Å². The van der Waals surface area contributed by atoms with Crippen LogP contribution in [0.3, 0.4) is 0 Å². The standard InChI is InChI=1S/C13H16N2O3/c1-2-8-17-12-6-4-3-5-11(12)10-15-7-9-18-13(14)16/h1,3-6,15H,7-10H2,(H2,14,16). The molecule has 0 aliphatic rings. The number of ether oxygens (including phenoxy) is 2. The Morgan fingerprint density at radius 3 is 2.94 bits per heavy atom. The van der Waals surface area contributed by atoms with E-state index in [4.69, 9.17) is 16.9 Å². The Hall–Kier alpha value is -2.19. The lowest BCUT2D eigenvalue weighted by Gasteiger charge is -2.10. The molecule has 0 aliphatic carbocycles. The summed E-state index contributed by atoms with van der Waals surface area (Å²) in [6.07, 6.45) is 4.37. The maximum absolute atomic E-state index is 10.3. The number of amides is 1. The van der Waals surface area contributed by atoms with Crippen LogP contribution in [-0.2, 0) is 11.3 Å². The molecule has 0 bridgehead atoms. The number of benzene rings is 1. The van der Waals surface area contributed by atoms with Gasteiger partial charge in [-0.25, -0.2) is 4.79 Å². The first-order valence-electron chi connectivity index (χ1n) is 5.51. The number of carbonyl (C=O) groups is 1. The van der Waals surface area contributed by atoms with Crippen molar-refractivity contribution in [1.82, 2.24) is 5.32 Å². The molecule has 0 aliphatic heterocycles. The van der Waals surface area contributed by atoms with E-state index in [0.717, 1.165) is 11.3 Å². The van der Waals surface area contributed by atoms with E-state index in [0.29, 0.717) is 13.1 Å². The highest BCUT2D eigenvalue weighted by molar-refractivity contribution is 5.64. The Kier molecular flexibility index (Phi) is 6.15. The Bertz CT molecular complexity index is 426. The van der Waals surface area contributed by atoms with Gasteiger partial charge in [-0.3, -0.25) is 0 Å². The second kappa shape index (κ2) is 7.98. The van der Waals surface area contributed by atoms with Gasteiger partial charge < -0.3 is 20.5 Å². The quantitative estimate of drug-likeness (QED) is 0.555. The Morgan fingerprint density at radius 1 is 1.44 bits per heavy atom. The van der Waals surface area contributed by atoms with E-state index in [9.17, 15) is 4.79 Å². The molecule has 0 aromatic heterocycles. The maximum Gasteiger partial charge on any atom is 0.404 e. The van der Waals surface area contributed by atoms with Crippen LogP contribution in [0.2, 0.25) is 0 Å². The molecule has 0 radical (unpaired) electrons. The summed E-state index contributed by atoms with van der Waals surface area (Å²) in [6.45, 7) is 1.60. The third-order valence-electron chi connectivity index (χ3n) is 2.12. The molecular weight excluding hydrogens is 232 g/mol. The number of primary amides is 1. The van der Waals surface area contributed by atoms with Gasteiger partial charge in [-0.15, -0.1) is 6.42 Å². The summed E-state index contributed by atoms with van der Waals surface area (Å²) in [5.41, 5.74) is 5.83. The Labute approximate surface area is 106 Å². The molecule has 96 valence electrons. The number of para-hydroxylation sites is 1. The molecule has 5 nitrogen and oxygen atoms in total. The van der Waals surface area contributed by atoms with Crippen molar-refractivity contribution in [3.05, 3.63) is 29.8 Å². The van der Waals surface area contributed by atoms with Crippen molar-refractivity contribution >= 4 is 6.09 Å². The van der Waals surface area contributed by atoms with Crippen molar-refractivity contribution in [1.29, 1.82) is 0 Å². The summed E-state index contributed by atoms with van der Waals surface area (Å²) in [5.74, 6) is 3.17. The second-order valence-corrected chi connectivity index (χ2v) is 3.44. The predicted molar refractivity (Wildman–Crippen MR) is 68.0 cm³/mol. The average Bonchev–Trinajstić information content (AvgIpc) is 2.36. The summed E-state index contributed by atoms with van der Waals surface area (Å²) in [7, 11) is 0. The van der Waals surface area contributed by atoms with Crippen molar-refractivity contribution in [3.8, 4) is 18.1 Å². The van der Waals surface area contributed by atoms with Crippen LogP contribution in [-0.4, -0.2) is 25.9 Å². The number of terminal acetylenes is 1. The van der Waals surface area contributed by atoms with E-state index < -0.39 is 6.09 Å². The summed E-state index contributed by atoms with van der Waals surface area (Å²) >= 11 is 0. The lowest BCUT2D eigenvalue weighted by Crippen LogP contribution is -2.23. The van der Waals surface area contributed by atoms with E-state index in [2.05, 4.69) is 16.0 Å². The van der Waals surface area contributed by atoms with Crippen molar-refractivity contribution in [3.63, 3.8) is 0 Å². The third kappa shape index (κ3) is 5.23. The number of nitrogens with two attached hydrogens (primary N) is 1. The molecule has 1 aromatic rings. The van der Waals surface area contributed by atoms with Gasteiger partial charge in [0.05, 0.1) is 0 Å². The lowest BCUT2D eigenvalue weighted by atomic mass is 10.2. The van der Waals surface area contributed by atoms with E-state index in [1.807, 2.05) is 24.3 Å². The normalized spacial score (nSPS) is 9.50. The number of nitrogens with one attached hydrogen (secondary N) is 1. The van der Waals surface area contributed by atoms with Gasteiger partial charge in [0, 0.05) is 18.7 Å². The Balaban J connectivity index is 2.37. The molecule has 1 amide bonds. The highest BCUT2D eigenvalue weighted by atomic mass is 16.5. The average molecular weight is 248 g/mol. The van der Waals surface area contributed by atoms with Gasteiger partial charge >= 0.3 is 6.09 Å². The molecule has 18 heavy (non-hydrogen) atoms. The fourth-order valence-electron chi connectivity index (χ4n) is 1.36. The van der Waals surface area contributed by atoms with E-state index in [1.165, 1.54) is 0 Å². The summed E-state index contributed by atoms with van der Waals surface area (Å²) in [6, 6.07) is 7.59. The molecule has 0 saturated heterocycles. The van der Waals surface area contributed by atoms with E-state index in [1.54, 1.807) is 0 Å². The first-order valence-corrected chi connectivity index (χ1v) is 5.51. The van der Waals surface area contributed by atoms with Gasteiger partial charge in [-0.2, -0.15) is 0 Å². The first-order chi connectivity index (χ1) is 8.74. The first kappa shape index (κ1) is 13.9. The van der Waals surface area contributed by atoms with Crippen molar-refractivity contribution in [2.24, 2.45) is 5.73 Å². The highest BCUT2D eigenvalue weighted by Gasteiger charge is 2.02. The summed E-state index contributed by atoms with van der Waals surface area (Å²) < 4.78 is 9.99. The van der Waals surface area contributed by atoms with Crippen molar-refractivity contribution in [2.45, 2.75) is 6.54 Å². The SMILES string of the molecule is C#CCOc1ccccc1CNCCOC(N)=O. The largest absolute Gasteiger partial charge is 0.481 e. The Morgan fingerprint density at radius 2 is 2.22 bits per heavy atom. The molecule has 3 N–H and O–H groups in total. The number of carbonyl (C=O) groups excluding carboxylic acids is 1. The molecule has 5 heteroatoms. The van der Waals surface area contributed by atoms with Crippen molar-refractivity contribution < 1.29 is 14.3 Å². The molecule has 1 rings (SSSR count). The molecule has 0 atom stereocenters. The minimum absolute atomic E-state index is 0.238. The van der Waals surface area contributed by atoms with Crippen LogP contribution in [0.5, 0.6) is 5.75 Å². The molecule has 0 saturated carbocycles. The lowest BCUT2D eigenvalue weighted by molar-refractivity contribution is 0.157. The maximum atomic E-state index is 10.3. The molecule has 1 aromatic carbocycles. The van der Waals surface area contributed by atoms with Crippen LogP contribution in [0.25, 0.3) is 0 Å². The highest BCUT2D eigenvalue weighted by Crippen LogP contribution is 2.17. The third-order valence-corrected chi connectivity index (χ3v) is 2.12. The van der Waals surface area contributed by atoms with Gasteiger partial charge in [0.2, 0.25) is 0 Å². The van der Waals surface area contributed by atoms with Crippen molar-refractivity contribution in [2.75, 3.05) is 19.8 Å². The second-order valence-electron chi connectivity index (χ2n) is 3.44. The molecule has 0 fully saturated rings. The molecule has 0 heterocycles. The van der Waals surface area contributed by atoms with Crippen LogP contribution in [0.1, 0.15) is 5.56 Å². The van der Waals surface area contributed by atoms with E-state index >= 15 is 0 Å². The van der Waals surface area contributed by atoms with Gasteiger partial charge in [0.1, 0.15) is 19.0 Å². The zero-order chi connectivity index (χ0) is 13.2. The smallest absolute Gasteiger partial charge is 0.404 e. The van der Waals surface area contributed by atoms with Gasteiger partial charge in [0.15, 0.2) is 0 Å². The minimum Gasteiger partial charge on any atom is -0.481 e. The number of hydrogen-bond donors (Lipinski definition) is 2. The number of hydrogen-bond acceptors (Lipinski definition) is 4. The van der Waals surface area contributed by atoms with Crippen LogP contribution >= 0.6 is 0 Å². The van der Waals surface area contributed by atoms with Crippen LogP contribution in [0.15, 0.2) is 24.3 Å². The van der Waals surface area contributed by atoms with Crippen LogP contribution < -0.4 is 15.8 Å². The predicted octanol–water partition coefficient (Wildman–Crippen LogP) is 0.884. The topological polar surface area (TPSA) is 73.6 Å². The molecule has 0 unspecified atom stereocenters. The number of rotatable bonds is 7. The zero-order valence-electron chi connectivity index (χ0n) is 10.0. The molecule has 0 spiro atoms. The summed E-state index contributed by atoms with van der Waals surface area (Å²) in [4.78, 5) is 10.3. The fraction of sp³-hybridized carbons (Fsp3) is 0.308. The molecular formula is C13H16N2O3. The van der Waals surface area contributed by atoms with Crippen LogP contribution in [0, 0.1) is 12.3 Å². The fourth-order valence-corrected chi connectivity index (χ4v) is 1.36. The van der Waals surface area contributed by atoms with E-state index in [-0.39, 0.29) is 13.2 Å².